The summed E-state index contributed by atoms with van der Waals surface area (Å²) >= 11 is 5.89. The summed E-state index contributed by atoms with van der Waals surface area (Å²) in [4.78, 5) is 22.2. The number of anilines is 1. The van der Waals surface area contributed by atoms with Crippen molar-refractivity contribution in [3.05, 3.63) is 52.8 Å². The number of aromatic nitrogens is 2. The first-order chi connectivity index (χ1) is 11.1. The molecule has 5 nitrogen and oxygen atoms in total. The van der Waals surface area contributed by atoms with Crippen molar-refractivity contribution >= 4 is 23.3 Å². The van der Waals surface area contributed by atoms with Crippen molar-refractivity contribution < 1.29 is 9.18 Å². The molecule has 0 radical (unpaired) electrons. The molecule has 0 aromatic carbocycles. The molecule has 2 bridgehead atoms. The van der Waals surface area contributed by atoms with E-state index in [2.05, 4.69) is 15.3 Å². The van der Waals surface area contributed by atoms with Crippen LogP contribution < -0.4 is 5.32 Å². The molecule has 2 aromatic heterocycles. The highest BCUT2D eigenvalue weighted by atomic mass is 35.5. The Bertz CT molecular complexity index is 784. The number of halogens is 2. The fourth-order valence-corrected chi connectivity index (χ4v) is 3.77. The van der Waals surface area contributed by atoms with Crippen LogP contribution >= 0.6 is 11.6 Å². The van der Waals surface area contributed by atoms with Gasteiger partial charge in [-0.3, -0.25) is 4.98 Å². The molecule has 7 heteroatoms. The van der Waals surface area contributed by atoms with Gasteiger partial charge in [-0.25, -0.2) is 9.78 Å². The summed E-state index contributed by atoms with van der Waals surface area (Å²) in [6, 6.07) is 3.15. The lowest BCUT2D eigenvalue weighted by atomic mass is 9.95. The zero-order valence-corrected chi connectivity index (χ0v) is 12.9. The number of carbonyl (C=O) groups excluding carboxylic acids is 1. The van der Waals surface area contributed by atoms with Crippen LogP contribution in [-0.4, -0.2) is 26.9 Å². The van der Waals surface area contributed by atoms with Gasteiger partial charge in [0.15, 0.2) is 0 Å². The Labute approximate surface area is 137 Å². The third kappa shape index (κ3) is 2.43. The molecule has 1 saturated heterocycles. The quantitative estimate of drug-likeness (QED) is 0.812. The van der Waals surface area contributed by atoms with Gasteiger partial charge < -0.3 is 10.2 Å². The maximum Gasteiger partial charge on any atom is 0.322 e. The Morgan fingerprint density at radius 2 is 2.26 bits per heavy atom. The highest BCUT2D eigenvalue weighted by Crippen LogP contribution is 2.44. The summed E-state index contributed by atoms with van der Waals surface area (Å²) in [7, 11) is 0. The third-order valence-electron chi connectivity index (χ3n) is 4.53. The Kier molecular flexibility index (Phi) is 3.41. The summed E-state index contributed by atoms with van der Waals surface area (Å²) < 4.78 is 13.9. The third-order valence-corrected chi connectivity index (χ3v) is 4.74. The Balaban J connectivity index is 1.62. The summed E-state index contributed by atoms with van der Waals surface area (Å²) in [5, 5.41) is 3.29. The number of nitrogens with zero attached hydrogens (tertiary/aromatic N) is 3. The molecule has 0 spiro atoms. The fraction of sp³-hybridized carbons (Fsp3) is 0.312. The Morgan fingerprint density at radius 3 is 3.09 bits per heavy atom. The van der Waals surface area contributed by atoms with Gasteiger partial charge in [-0.2, -0.15) is 4.39 Å². The number of hydrogen-bond acceptors (Lipinski definition) is 3. The van der Waals surface area contributed by atoms with Gasteiger partial charge in [0.2, 0.25) is 5.95 Å². The van der Waals surface area contributed by atoms with Gasteiger partial charge in [0.05, 0.1) is 22.9 Å². The molecule has 2 aliphatic heterocycles. The van der Waals surface area contributed by atoms with Crippen LogP contribution in [0.25, 0.3) is 0 Å². The lowest BCUT2D eigenvalue weighted by Gasteiger charge is -2.36. The molecule has 4 heterocycles. The monoisotopic (exact) mass is 332 g/mol. The van der Waals surface area contributed by atoms with E-state index in [0.717, 1.165) is 18.4 Å². The number of rotatable bonds is 1. The van der Waals surface area contributed by atoms with E-state index in [1.54, 1.807) is 12.3 Å². The lowest BCUT2D eigenvalue weighted by Crippen LogP contribution is -2.44. The molecule has 1 fully saturated rings. The largest absolute Gasteiger partial charge is 0.322 e. The highest BCUT2D eigenvalue weighted by Gasteiger charge is 2.43. The SMILES string of the molecule is O=C(Nc1cncc(Cl)c1)N1[C@H]2CC[C@@H]1c1ccnc(F)c1C2. The van der Waals surface area contributed by atoms with Gasteiger partial charge in [0, 0.05) is 24.0 Å². The minimum Gasteiger partial charge on any atom is -0.314 e. The second-order valence-electron chi connectivity index (χ2n) is 5.85. The number of pyridine rings is 2. The Morgan fingerprint density at radius 1 is 1.39 bits per heavy atom. The second kappa shape index (κ2) is 5.45. The van der Waals surface area contributed by atoms with Crippen LogP contribution in [-0.2, 0) is 6.42 Å². The minimum atomic E-state index is -0.418. The maximum atomic E-state index is 13.9. The predicted octanol–water partition coefficient (Wildman–Crippen LogP) is 3.56. The van der Waals surface area contributed by atoms with Crippen LogP contribution in [0.5, 0.6) is 0 Å². The second-order valence-corrected chi connectivity index (χ2v) is 6.29. The van der Waals surface area contributed by atoms with Gasteiger partial charge in [-0.15, -0.1) is 0 Å². The number of fused-ring (bicyclic) bond motifs is 4. The van der Waals surface area contributed by atoms with E-state index in [-0.39, 0.29) is 18.1 Å². The van der Waals surface area contributed by atoms with E-state index in [1.165, 1.54) is 12.4 Å². The van der Waals surface area contributed by atoms with E-state index < -0.39 is 5.95 Å². The molecule has 2 aromatic rings. The molecule has 0 aliphatic carbocycles. The molecule has 4 rings (SSSR count). The average molecular weight is 333 g/mol. The van der Waals surface area contributed by atoms with E-state index in [1.807, 2.05) is 11.0 Å². The molecule has 2 aliphatic rings. The summed E-state index contributed by atoms with van der Waals surface area (Å²) in [6.07, 6.45) is 6.72. The van der Waals surface area contributed by atoms with Crippen molar-refractivity contribution in [3.63, 3.8) is 0 Å². The zero-order chi connectivity index (χ0) is 16.0. The van der Waals surface area contributed by atoms with Crippen LogP contribution in [0.15, 0.2) is 30.7 Å². The van der Waals surface area contributed by atoms with E-state index >= 15 is 0 Å². The summed E-state index contributed by atoms with van der Waals surface area (Å²) in [5.41, 5.74) is 2.06. The van der Waals surface area contributed by atoms with Gasteiger partial charge in [-0.05, 0) is 37.0 Å². The van der Waals surface area contributed by atoms with Crippen LogP contribution in [0, 0.1) is 5.95 Å². The standard InChI is InChI=1S/C16H14ClFN4O/c17-9-5-10(8-19-7-9)21-16(23)22-11-1-2-14(22)12-3-4-20-15(18)13(12)6-11/h3-5,7-8,11,14H,1-2,6H2,(H,21,23)/t11-,14+/m0/s1. The van der Waals surface area contributed by atoms with Gasteiger partial charge in [0.25, 0.3) is 0 Å². The Hall–Kier alpha value is -2.21. The summed E-state index contributed by atoms with van der Waals surface area (Å²) in [6.45, 7) is 0. The molecule has 118 valence electrons. The number of urea groups is 1. The average Bonchev–Trinajstić information content (AvgIpc) is 2.84. The fourth-order valence-electron chi connectivity index (χ4n) is 3.59. The predicted molar refractivity (Wildman–Crippen MR) is 83.8 cm³/mol. The first-order valence-corrected chi connectivity index (χ1v) is 7.84. The molecule has 1 N–H and O–H groups in total. The zero-order valence-electron chi connectivity index (χ0n) is 12.2. The molecular formula is C16H14ClFN4O. The first kappa shape index (κ1) is 14.4. The molecule has 0 saturated carbocycles. The highest BCUT2D eigenvalue weighted by molar-refractivity contribution is 6.30. The number of amides is 2. The van der Waals surface area contributed by atoms with E-state index in [0.29, 0.717) is 22.7 Å². The van der Waals surface area contributed by atoms with Crippen LogP contribution in [0.1, 0.15) is 30.0 Å². The van der Waals surface area contributed by atoms with Crippen LogP contribution in [0.3, 0.4) is 0 Å². The van der Waals surface area contributed by atoms with Crippen LogP contribution in [0.2, 0.25) is 5.02 Å². The normalized spacial score (nSPS) is 21.9. The van der Waals surface area contributed by atoms with E-state index in [9.17, 15) is 9.18 Å². The summed E-state index contributed by atoms with van der Waals surface area (Å²) in [5.74, 6) is -0.418. The van der Waals surface area contributed by atoms with Crippen molar-refractivity contribution in [1.29, 1.82) is 0 Å². The molecule has 0 unspecified atom stereocenters. The van der Waals surface area contributed by atoms with Crippen molar-refractivity contribution in [2.45, 2.75) is 31.3 Å². The van der Waals surface area contributed by atoms with Crippen LogP contribution in [0.4, 0.5) is 14.9 Å². The van der Waals surface area contributed by atoms with Gasteiger partial charge in [0.1, 0.15) is 0 Å². The van der Waals surface area contributed by atoms with Gasteiger partial charge >= 0.3 is 6.03 Å². The number of carbonyl (C=O) groups is 1. The molecule has 2 amide bonds. The number of nitrogens with one attached hydrogen (secondary N) is 1. The van der Waals surface area contributed by atoms with E-state index in [4.69, 9.17) is 11.6 Å². The molecular weight excluding hydrogens is 319 g/mol. The smallest absolute Gasteiger partial charge is 0.314 e. The van der Waals surface area contributed by atoms with Crippen molar-refractivity contribution in [2.75, 3.05) is 5.32 Å². The topological polar surface area (TPSA) is 58.1 Å². The number of hydrogen-bond donors (Lipinski definition) is 1. The lowest BCUT2D eigenvalue weighted by molar-refractivity contribution is 0.178. The molecule has 23 heavy (non-hydrogen) atoms. The first-order valence-electron chi connectivity index (χ1n) is 7.46. The molecule has 2 atom stereocenters. The maximum absolute atomic E-state index is 13.9. The van der Waals surface area contributed by atoms with Gasteiger partial charge in [-0.1, -0.05) is 11.6 Å². The van der Waals surface area contributed by atoms with Crippen molar-refractivity contribution in [2.24, 2.45) is 0 Å². The minimum absolute atomic E-state index is 0.00153. The van der Waals surface area contributed by atoms with Crippen molar-refractivity contribution in [3.8, 4) is 0 Å². The van der Waals surface area contributed by atoms with Crippen molar-refractivity contribution in [1.82, 2.24) is 14.9 Å².